The van der Waals surface area contributed by atoms with Crippen LogP contribution < -0.4 is 15.8 Å². The fourth-order valence-electron chi connectivity index (χ4n) is 3.79. The molecular formula is C20H19F3N4O2. The van der Waals surface area contributed by atoms with Gasteiger partial charge in [0, 0.05) is 12.1 Å². The van der Waals surface area contributed by atoms with E-state index in [-0.39, 0.29) is 30.6 Å². The molecule has 2 aliphatic rings. The Kier molecular flexibility index (Phi) is 4.48. The molecular weight excluding hydrogens is 385 g/mol. The predicted octanol–water partition coefficient (Wildman–Crippen LogP) is 3.06. The van der Waals surface area contributed by atoms with Crippen LogP contribution >= 0.6 is 0 Å². The van der Waals surface area contributed by atoms with E-state index < -0.39 is 35.4 Å². The van der Waals surface area contributed by atoms with E-state index in [1.165, 1.54) is 25.4 Å². The molecule has 0 saturated heterocycles. The van der Waals surface area contributed by atoms with Crippen LogP contribution in [0, 0.1) is 5.82 Å². The minimum Gasteiger partial charge on any atom is -0.495 e. The lowest BCUT2D eigenvalue weighted by atomic mass is 9.65. The van der Waals surface area contributed by atoms with Gasteiger partial charge in [-0.2, -0.15) is 0 Å². The quantitative estimate of drug-likeness (QED) is 0.820. The lowest BCUT2D eigenvalue weighted by Crippen LogP contribution is -2.52. The molecule has 1 aromatic carbocycles. The van der Waals surface area contributed by atoms with Crippen LogP contribution in [-0.2, 0) is 12.0 Å². The van der Waals surface area contributed by atoms with Crippen molar-refractivity contribution in [2.24, 2.45) is 10.7 Å². The van der Waals surface area contributed by atoms with Gasteiger partial charge >= 0.3 is 0 Å². The standard InChI is InChI=1S/C20H19F3N4O2/c1-29-12-2-3-16(25-9-12)17(28)26-11-6-14-13(15(22)7-11)8-20(14)5-4-19(23,10-21)18(24)27-20/h2-3,6-7,9H,4-5,8,10H2,1H3,(H2,24,27)(H,26,28)/t19-,20+/m0/s1. The summed E-state index contributed by atoms with van der Waals surface area (Å²) in [5.74, 6) is -0.926. The van der Waals surface area contributed by atoms with Crippen molar-refractivity contribution in [3.8, 4) is 5.75 Å². The van der Waals surface area contributed by atoms with Crippen LogP contribution in [-0.4, -0.2) is 36.2 Å². The molecule has 9 heteroatoms. The molecule has 0 bridgehead atoms. The average Bonchev–Trinajstić information content (AvgIpc) is 2.71. The van der Waals surface area contributed by atoms with Gasteiger partial charge in [-0.05, 0) is 48.2 Å². The number of nitrogens with zero attached hydrogens (tertiary/aromatic N) is 2. The third-order valence-corrected chi connectivity index (χ3v) is 5.57. The number of benzene rings is 1. The molecule has 6 nitrogen and oxygen atoms in total. The Labute approximate surface area is 165 Å². The summed E-state index contributed by atoms with van der Waals surface area (Å²) in [7, 11) is 1.48. The molecule has 1 spiro atoms. The van der Waals surface area contributed by atoms with Crippen LogP contribution in [0.1, 0.15) is 34.5 Å². The zero-order valence-corrected chi connectivity index (χ0v) is 15.6. The largest absolute Gasteiger partial charge is 0.495 e. The van der Waals surface area contributed by atoms with Gasteiger partial charge in [0.25, 0.3) is 5.91 Å². The van der Waals surface area contributed by atoms with Gasteiger partial charge in [0.15, 0.2) is 5.67 Å². The van der Waals surface area contributed by atoms with Crippen molar-refractivity contribution in [2.75, 3.05) is 19.1 Å². The van der Waals surface area contributed by atoms with Gasteiger partial charge in [0.1, 0.15) is 29.8 Å². The van der Waals surface area contributed by atoms with E-state index in [9.17, 15) is 18.0 Å². The fourth-order valence-corrected chi connectivity index (χ4v) is 3.79. The molecule has 152 valence electrons. The van der Waals surface area contributed by atoms with E-state index >= 15 is 0 Å². The Morgan fingerprint density at radius 1 is 1.34 bits per heavy atom. The highest BCUT2D eigenvalue weighted by molar-refractivity contribution is 6.03. The molecule has 0 radical (unpaired) electrons. The number of anilines is 1. The zero-order valence-electron chi connectivity index (χ0n) is 15.6. The van der Waals surface area contributed by atoms with Gasteiger partial charge in [0.2, 0.25) is 0 Å². The lowest BCUT2D eigenvalue weighted by Gasteiger charge is -2.46. The first kappa shape index (κ1) is 19.2. The number of rotatable bonds is 4. The Bertz CT molecular complexity index is 1010. The second kappa shape index (κ2) is 6.75. The smallest absolute Gasteiger partial charge is 0.274 e. The maximum Gasteiger partial charge on any atom is 0.274 e. The minimum absolute atomic E-state index is 0.133. The van der Waals surface area contributed by atoms with Gasteiger partial charge < -0.3 is 15.8 Å². The number of aromatic nitrogens is 1. The number of carbonyl (C=O) groups is 1. The Hall–Kier alpha value is -3.10. The van der Waals surface area contributed by atoms with Crippen LogP contribution in [0.25, 0.3) is 0 Å². The maximum absolute atomic E-state index is 14.5. The summed E-state index contributed by atoms with van der Waals surface area (Å²) in [4.78, 5) is 20.6. The summed E-state index contributed by atoms with van der Waals surface area (Å²) in [6, 6.07) is 5.88. The Balaban J connectivity index is 1.61. The number of pyridine rings is 1. The molecule has 1 amide bonds. The maximum atomic E-state index is 14.5. The molecule has 0 saturated carbocycles. The predicted molar refractivity (Wildman–Crippen MR) is 101 cm³/mol. The second-order valence-corrected chi connectivity index (χ2v) is 7.33. The van der Waals surface area contributed by atoms with Gasteiger partial charge in [0.05, 0.1) is 18.8 Å². The molecule has 2 atom stereocenters. The molecule has 29 heavy (non-hydrogen) atoms. The van der Waals surface area contributed by atoms with Gasteiger partial charge in [-0.1, -0.05) is 0 Å². The van der Waals surface area contributed by atoms with E-state index in [2.05, 4.69) is 15.3 Å². The van der Waals surface area contributed by atoms with E-state index in [4.69, 9.17) is 10.5 Å². The van der Waals surface area contributed by atoms with E-state index in [0.717, 1.165) is 0 Å². The van der Waals surface area contributed by atoms with E-state index in [1.807, 2.05) is 0 Å². The number of fused-ring (bicyclic) bond motifs is 2. The molecule has 1 aliphatic heterocycles. The topological polar surface area (TPSA) is 89.6 Å². The number of hydrogen-bond donors (Lipinski definition) is 2. The number of methoxy groups -OCH3 is 1. The zero-order chi connectivity index (χ0) is 20.8. The van der Waals surface area contributed by atoms with Crippen molar-refractivity contribution in [3.05, 3.63) is 53.1 Å². The third kappa shape index (κ3) is 3.10. The van der Waals surface area contributed by atoms with Crippen LogP contribution in [0.2, 0.25) is 0 Å². The van der Waals surface area contributed by atoms with E-state index in [0.29, 0.717) is 16.9 Å². The highest BCUT2D eigenvalue weighted by Crippen LogP contribution is 2.51. The van der Waals surface area contributed by atoms with Crippen molar-refractivity contribution >= 4 is 17.4 Å². The van der Waals surface area contributed by atoms with Crippen molar-refractivity contribution in [2.45, 2.75) is 30.5 Å². The summed E-state index contributed by atoms with van der Waals surface area (Å²) in [6.07, 6.45) is 1.73. The monoisotopic (exact) mass is 404 g/mol. The number of hydrogen-bond acceptors (Lipinski definition) is 5. The molecule has 0 unspecified atom stereocenters. The van der Waals surface area contributed by atoms with Crippen molar-refractivity contribution in [1.82, 2.24) is 4.98 Å². The van der Waals surface area contributed by atoms with Crippen LogP contribution in [0.4, 0.5) is 18.9 Å². The number of aliphatic imine (C=N–C) groups is 1. The Morgan fingerprint density at radius 3 is 2.76 bits per heavy atom. The number of halogens is 3. The first-order valence-electron chi connectivity index (χ1n) is 9.05. The molecule has 4 rings (SSSR count). The van der Waals surface area contributed by atoms with Crippen LogP contribution in [0.3, 0.4) is 0 Å². The molecule has 0 fully saturated rings. The molecule has 1 aliphatic carbocycles. The molecule has 2 aromatic rings. The van der Waals surface area contributed by atoms with Crippen LogP contribution in [0.15, 0.2) is 35.5 Å². The minimum atomic E-state index is -2.27. The van der Waals surface area contributed by atoms with Crippen molar-refractivity contribution in [1.29, 1.82) is 0 Å². The summed E-state index contributed by atoms with van der Waals surface area (Å²) in [5, 5.41) is 2.60. The molecule has 2 heterocycles. The van der Waals surface area contributed by atoms with Gasteiger partial charge in [-0.3, -0.25) is 9.79 Å². The Morgan fingerprint density at radius 2 is 2.14 bits per heavy atom. The summed E-state index contributed by atoms with van der Waals surface area (Å²) >= 11 is 0. The van der Waals surface area contributed by atoms with Crippen LogP contribution in [0.5, 0.6) is 5.75 Å². The van der Waals surface area contributed by atoms with Crippen molar-refractivity contribution < 1.29 is 22.7 Å². The fraction of sp³-hybridized carbons (Fsp3) is 0.350. The summed E-state index contributed by atoms with van der Waals surface area (Å²) < 4.78 is 46.9. The average molecular weight is 404 g/mol. The summed E-state index contributed by atoms with van der Waals surface area (Å²) in [6.45, 7) is -1.25. The number of amidine groups is 1. The first-order chi connectivity index (χ1) is 13.8. The first-order valence-corrected chi connectivity index (χ1v) is 9.05. The SMILES string of the molecule is COc1ccc(C(=O)Nc2cc(F)c3c(c2)[C@@]2(CC[C@](F)(CF)C(N)=N2)C3)nc1. The van der Waals surface area contributed by atoms with Crippen molar-refractivity contribution in [3.63, 3.8) is 0 Å². The number of nitrogens with one attached hydrogen (secondary N) is 1. The normalized spacial score (nSPS) is 25.0. The number of nitrogens with two attached hydrogens (primary N) is 1. The highest BCUT2D eigenvalue weighted by atomic mass is 19.2. The van der Waals surface area contributed by atoms with E-state index in [1.54, 1.807) is 12.1 Å². The van der Waals surface area contributed by atoms with Gasteiger partial charge in [-0.15, -0.1) is 0 Å². The van der Waals surface area contributed by atoms with Gasteiger partial charge in [-0.25, -0.2) is 18.2 Å². The number of alkyl halides is 2. The number of carbonyl (C=O) groups excluding carboxylic acids is 1. The molecule has 1 aromatic heterocycles. The summed E-state index contributed by atoms with van der Waals surface area (Å²) in [5.41, 5.74) is 3.84. The molecule has 3 N–H and O–H groups in total. The number of amides is 1. The number of ether oxygens (including phenoxy) is 1. The third-order valence-electron chi connectivity index (χ3n) is 5.57. The second-order valence-electron chi connectivity index (χ2n) is 7.33. The lowest BCUT2D eigenvalue weighted by molar-refractivity contribution is 0.102. The highest BCUT2D eigenvalue weighted by Gasteiger charge is 2.51.